The van der Waals surface area contributed by atoms with E-state index in [0.717, 1.165) is 12.8 Å². The van der Waals surface area contributed by atoms with Gasteiger partial charge in [-0.3, -0.25) is 0 Å². The highest BCUT2D eigenvalue weighted by atomic mass is 32.2. The van der Waals surface area contributed by atoms with Crippen LogP contribution in [0, 0.1) is 6.92 Å². The van der Waals surface area contributed by atoms with Gasteiger partial charge in [0.25, 0.3) is 10.0 Å². The molecule has 0 N–H and O–H groups in total. The average molecular weight is 283 g/mol. The molecule has 1 aromatic rings. The highest BCUT2D eigenvalue weighted by molar-refractivity contribution is 7.90. The van der Waals surface area contributed by atoms with Gasteiger partial charge in [-0.15, -0.1) is 0 Å². The first-order valence-electron chi connectivity index (χ1n) is 6.00. The van der Waals surface area contributed by atoms with Crippen LogP contribution in [0.5, 0.6) is 0 Å². The molecule has 0 aromatic heterocycles. The van der Waals surface area contributed by atoms with Gasteiger partial charge in [-0.25, -0.2) is 4.79 Å². The van der Waals surface area contributed by atoms with Gasteiger partial charge in [-0.1, -0.05) is 31.5 Å². The third kappa shape index (κ3) is 4.82. The maximum Gasteiger partial charge on any atom is 0.350 e. The van der Waals surface area contributed by atoms with Crippen molar-refractivity contribution in [2.24, 2.45) is 4.40 Å². The van der Waals surface area contributed by atoms with Crippen LogP contribution in [-0.2, 0) is 19.6 Å². The van der Waals surface area contributed by atoms with E-state index in [1.165, 1.54) is 6.07 Å². The molecule has 0 aliphatic rings. The Morgan fingerprint density at radius 3 is 2.68 bits per heavy atom. The van der Waals surface area contributed by atoms with Gasteiger partial charge >= 0.3 is 5.97 Å². The van der Waals surface area contributed by atoms with E-state index in [0.29, 0.717) is 11.8 Å². The van der Waals surface area contributed by atoms with E-state index in [-0.39, 0.29) is 11.5 Å². The molecule has 0 amide bonds. The molecular formula is C13H17NO4S. The fourth-order valence-electron chi connectivity index (χ4n) is 1.37. The van der Waals surface area contributed by atoms with Crippen molar-refractivity contribution in [2.45, 2.75) is 31.6 Å². The molecule has 1 rings (SSSR count). The third-order valence-electron chi connectivity index (χ3n) is 2.41. The number of sulfonamides is 1. The molecule has 0 bridgehead atoms. The topological polar surface area (TPSA) is 72.8 Å². The van der Waals surface area contributed by atoms with Gasteiger partial charge in [-0.2, -0.15) is 12.8 Å². The molecule has 19 heavy (non-hydrogen) atoms. The molecule has 1 aromatic carbocycles. The molecule has 5 nitrogen and oxygen atoms in total. The lowest BCUT2D eigenvalue weighted by Crippen LogP contribution is -2.09. The summed E-state index contributed by atoms with van der Waals surface area (Å²) in [5.41, 5.74) is 0.582. The van der Waals surface area contributed by atoms with Crippen molar-refractivity contribution in [3.05, 3.63) is 29.8 Å². The number of carbonyl (C=O) groups is 1. The van der Waals surface area contributed by atoms with Crippen LogP contribution in [0.4, 0.5) is 0 Å². The van der Waals surface area contributed by atoms with Gasteiger partial charge in [0.15, 0.2) is 0 Å². The molecule has 6 heteroatoms. The normalized spacial score (nSPS) is 11.7. The second kappa shape index (κ2) is 7.04. The van der Waals surface area contributed by atoms with Crippen molar-refractivity contribution in [2.75, 3.05) is 6.61 Å². The highest BCUT2D eigenvalue weighted by Gasteiger charge is 2.14. The predicted octanol–water partition coefficient (Wildman–Crippen LogP) is 2.10. The van der Waals surface area contributed by atoms with Crippen LogP contribution in [0.1, 0.15) is 25.3 Å². The Balaban J connectivity index is 2.75. The van der Waals surface area contributed by atoms with E-state index in [2.05, 4.69) is 4.40 Å². The van der Waals surface area contributed by atoms with Crippen molar-refractivity contribution in [1.82, 2.24) is 0 Å². The van der Waals surface area contributed by atoms with Gasteiger partial charge in [0.05, 0.1) is 11.5 Å². The first-order chi connectivity index (χ1) is 8.97. The zero-order valence-corrected chi connectivity index (χ0v) is 11.8. The van der Waals surface area contributed by atoms with E-state index in [1.54, 1.807) is 25.1 Å². The number of esters is 1. The quantitative estimate of drug-likeness (QED) is 0.455. The minimum absolute atomic E-state index is 0.0904. The number of hydrogen-bond donors (Lipinski definition) is 0. The number of hydrogen-bond acceptors (Lipinski definition) is 4. The number of carbonyl (C=O) groups excluding carboxylic acids is 1. The largest absolute Gasteiger partial charge is 0.461 e. The Bertz CT molecular complexity index is 564. The summed E-state index contributed by atoms with van der Waals surface area (Å²) in [4.78, 5) is 11.3. The lowest BCUT2D eigenvalue weighted by molar-refractivity contribution is -0.135. The fourth-order valence-corrected chi connectivity index (χ4v) is 2.43. The first-order valence-corrected chi connectivity index (χ1v) is 7.44. The molecule has 0 saturated heterocycles. The van der Waals surface area contributed by atoms with Crippen LogP contribution < -0.4 is 0 Å². The van der Waals surface area contributed by atoms with Crippen LogP contribution in [-0.4, -0.2) is 27.2 Å². The summed E-state index contributed by atoms with van der Waals surface area (Å²) in [6.07, 6.45) is 2.34. The number of aryl methyl sites for hydroxylation is 1. The summed E-state index contributed by atoms with van der Waals surface area (Å²) in [7, 11) is -3.85. The minimum Gasteiger partial charge on any atom is -0.461 e. The standard InChI is InChI=1S/C13H17NO4S/c1-3-4-9-18-13(15)10-14-19(16,17)12-8-6-5-7-11(12)2/h5-8,10H,3-4,9H2,1-2H3/b14-10+. The van der Waals surface area contributed by atoms with E-state index in [9.17, 15) is 13.2 Å². The Morgan fingerprint density at radius 2 is 2.05 bits per heavy atom. The predicted molar refractivity (Wildman–Crippen MR) is 72.7 cm³/mol. The Morgan fingerprint density at radius 1 is 1.37 bits per heavy atom. The van der Waals surface area contributed by atoms with E-state index in [1.807, 2.05) is 6.92 Å². The first kappa shape index (κ1) is 15.4. The fraction of sp³-hybridized carbons (Fsp3) is 0.385. The van der Waals surface area contributed by atoms with E-state index in [4.69, 9.17) is 4.74 Å². The number of unbranched alkanes of at least 4 members (excludes halogenated alkanes) is 1. The Kier molecular flexibility index (Phi) is 5.69. The molecule has 0 unspecified atom stereocenters. The molecular weight excluding hydrogens is 266 g/mol. The van der Waals surface area contributed by atoms with Gasteiger partial charge in [-0.05, 0) is 25.0 Å². The summed E-state index contributed by atoms with van der Waals surface area (Å²) in [6.45, 7) is 3.90. The minimum atomic E-state index is -3.85. The Hall–Kier alpha value is -1.69. The highest BCUT2D eigenvalue weighted by Crippen LogP contribution is 2.16. The summed E-state index contributed by atoms with van der Waals surface area (Å²) < 4.78 is 31.9. The van der Waals surface area contributed by atoms with Crippen molar-refractivity contribution >= 4 is 22.2 Å². The van der Waals surface area contributed by atoms with Crippen molar-refractivity contribution in [1.29, 1.82) is 0 Å². The van der Waals surface area contributed by atoms with Gasteiger partial charge in [0.1, 0.15) is 6.21 Å². The molecule has 104 valence electrons. The summed E-state index contributed by atoms with van der Waals surface area (Å²) >= 11 is 0. The maximum absolute atomic E-state index is 11.9. The van der Waals surface area contributed by atoms with Crippen molar-refractivity contribution in [3.8, 4) is 0 Å². The molecule has 0 spiro atoms. The van der Waals surface area contributed by atoms with E-state index < -0.39 is 16.0 Å². The number of benzene rings is 1. The molecule has 0 radical (unpaired) electrons. The van der Waals surface area contributed by atoms with Crippen LogP contribution in [0.3, 0.4) is 0 Å². The average Bonchev–Trinajstić information content (AvgIpc) is 2.37. The van der Waals surface area contributed by atoms with Crippen LogP contribution in [0.25, 0.3) is 0 Å². The lowest BCUT2D eigenvalue weighted by atomic mass is 10.2. The third-order valence-corrected chi connectivity index (χ3v) is 3.81. The second-order valence-corrected chi connectivity index (χ2v) is 5.60. The smallest absolute Gasteiger partial charge is 0.350 e. The van der Waals surface area contributed by atoms with Crippen LogP contribution >= 0.6 is 0 Å². The second-order valence-electron chi connectivity index (χ2n) is 4.00. The molecule has 0 aliphatic carbocycles. The zero-order chi connectivity index (χ0) is 14.3. The lowest BCUT2D eigenvalue weighted by Gasteiger charge is -2.02. The maximum atomic E-state index is 11.9. The van der Waals surface area contributed by atoms with Gasteiger partial charge in [0, 0.05) is 0 Å². The van der Waals surface area contributed by atoms with Crippen molar-refractivity contribution < 1.29 is 17.9 Å². The SMILES string of the molecule is CCCCOC(=O)/C=N/S(=O)(=O)c1ccccc1C. The number of nitrogens with zero attached hydrogens (tertiary/aromatic N) is 1. The summed E-state index contributed by atoms with van der Waals surface area (Å²) in [5.74, 6) is -0.745. The number of ether oxygens (including phenoxy) is 1. The van der Waals surface area contributed by atoms with E-state index >= 15 is 0 Å². The molecule has 0 aliphatic heterocycles. The van der Waals surface area contributed by atoms with Crippen LogP contribution in [0.15, 0.2) is 33.6 Å². The van der Waals surface area contributed by atoms with Gasteiger partial charge < -0.3 is 4.74 Å². The molecule has 0 saturated carbocycles. The monoisotopic (exact) mass is 283 g/mol. The van der Waals surface area contributed by atoms with Crippen LogP contribution in [0.2, 0.25) is 0 Å². The number of rotatable bonds is 6. The summed E-state index contributed by atoms with van der Waals surface area (Å²) in [6, 6.07) is 6.46. The molecule has 0 heterocycles. The molecule has 0 fully saturated rings. The molecule has 0 atom stereocenters. The Labute approximate surface area is 113 Å². The van der Waals surface area contributed by atoms with Gasteiger partial charge in [0.2, 0.25) is 0 Å². The summed E-state index contributed by atoms with van der Waals surface area (Å²) in [5, 5.41) is 0. The zero-order valence-electron chi connectivity index (χ0n) is 11.0. The van der Waals surface area contributed by atoms with Crippen molar-refractivity contribution in [3.63, 3.8) is 0 Å².